The molecule has 2 aromatic carbocycles. The van der Waals surface area contributed by atoms with Gasteiger partial charge < -0.3 is 29.8 Å². The summed E-state index contributed by atoms with van der Waals surface area (Å²) in [4.78, 5) is 17.6. The van der Waals surface area contributed by atoms with Gasteiger partial charge >= 0.3 is 6.03 Å². The number of carbonyl (C=O) groups is 1. The van der Waals surface area contributed by atoms with Gasteiger partial charge in [0.2, 0.25) is 0 Å². The highest BCUT2D eigenvalue weighted by Gasteiger charge is 2.51. The maximum absolute atomic E-state index is 13.1. The van der Waals surface area contributed by atoms with Crippen molar-refractivity contribution in [1.82, 2.24) is 14.9 Å². The number of aryl methyl sites for hydroxylation is 1. The number of nitrogens with zero attached hydrogens (tertiary/aromatic N) is 2. The van der Waals surface area contributed by atoms with Crippen LogP contribution in [0.4, 0.5) is 10.5 Å². The summed E-state index contributed by atoms with van der Waals surface area (Å²) in [5, 5.41) is 17.0. The second-order valence-electron chi connectivity index (χ2n) is 13.4. The monoisotopic (exact) mass is 602 g/mol. The van der Waals surface area contributed by atoms with E-state index in [2.05, 4.69) is 22.5 Å². The van der Waals surface area contributed by atoms with E-state index in [-0.39, 0.29) is 36.3 Å². The van der Waals surface area contributed by atoms with Crippen LogP contribution in [0.15, 0.2) is 66.1 Å². The van der Waals surface area contributed by atoms with Crippen LogP contribution in [0.3, 0.4) is 0 Å². The molecule has 0 spiro atoms. The van der Waals surface area contributed by atoms with Crippen LogP contribution in [-0.4, -0.2) is 38.1 Å². The van der Waals surface area contributed by atoms with E-state index in [0.717, 1.165) is 70.3 Å². The number of rotatable bonds is 8. The van der Waals surface area contributed by atoms with E-state index >= 15 is 0 Å². The van der Waals surface area contributed by atoms with E-state index < -0.39 is 6.29 Å². The van der Waals surface area contributed by atoms with Crippen molar-refractivity contribution in [2.45, 2.75) is 81.2 Å². The number of ether oxygens (including phenoxy) is 2. The van der Waals surface area contributed by atoms with Crippen LogP contribution < -0.4 is 10.6 Å². The molecule has 3 N–H and O–H groups in total. The first kappa shape index (κ1) is 28.9. The molecule has 4 saturated carbocycles. The number of hydrogen-bond donors (Lipinski definition) is 3. The fourth-order valence-corrected chi connectivity index (χ4v) is 9.44. The molecule has 8 rings (SSSR count). The Balaban J connectivity index is 1.04. The fraction of sp³-hybridized carbons (Fsp3) is 0.529. The molecule has 2 heterocycles. The summed E-state index contributed by atoms with van der Waals surface area (Å²) in [6.45, 7) is 2.18. The first-order valence-electron chi connectivity index (χ1n) is 15.7. The van der Waals surface area contributed by atoms with E-state index in [1.807, 2.05) is 72.5 Å². The molecule has 1 aromatic heterocycles. The van der Waals surface area contributed by atoms with Gasteiger partial charge in [-0.2, -0.15) is 0 Å². The molecule has 228 valence electrons. The Labute approximate surface area is 258 Å². The number of hydrogen-bond acceptors (Lipinski definition) is 6. The summed E-state index contributed by atoms with van der Waals surface area (Å²) in [5.41, 5.74) is 3.57. The third-order valence-electron chi connectivity index (χ3n) is 10.1. The number of nitrogens with one attached hydrogen (secondary N) is 2. The Morgan fingerprint density at radius 3 is 2.26 bits per heavy atom. The Kier molecular flexibility index (Phi) is 8.01. The van der Waals surface area contributed by atoms with Crippen LogP contribution in [0.2, 0.25) is 0 Å². The van der Waals surface area contributed by atoms with Gasteiger partial charge in [-0.15, -0.1) is 0 Å². The molecule has 4 aliphatic carbocycles. The minimum Gasteiger partial charge on any atom is -0.392 e. The van der Waals surface area contributed by atoms with Gasteiger partial charge in [0, 0.05) is 47.9 Å². The Hall–Kier alpha value is -2.85. The summed E-state index contributed by atoms with van der Waals surface area (Å²) in [6.07, 6.45) is 10.4. The van der Waals surface area contributed by atoms with Gasteiger partial charge in [0.25, 0.3) is 0 Å². The zero-order valence-electron chi connectivity index (χ0n) is 24.9. The maximum atomic E-state index is 13.1. The second-order valence-corrected chi connectivity index (χ2v) is 14.3. The number of aliphatic hydroxyl groups excluding tert-OH is 1. The average Bonchev–Trinajstić information content (AvgIpc) is 3.40. The molecule has 4 atom stereocenters. The summed E-state index contributed by atoms with van der Waals surface area (Å²) < 4.78 is 15.2. The molecule has 3 aromatic rings. The lowest BCUT2D eigenvalue weighted by molar-refractivity contribution is -0.268. The molecule has 5 aliphatic rings. The van der Waals surface area contributed by atoms with E-state index in [1.165, 1.54) is 19.3 Å². The highest BCUT2D eigenvalue weighted by Crippen LogP contribution is 2.55. The number of anilines is 1. The molecular weight excluding hydrogens is 560 g/mol. The van der Waals surface area contributed by atoms with Crippen LogP contribution in [0.5, 0.6) is 0 Å². The van der Waals surface area contributed by atoms with Crippen molar-refractivity contribution in [3.8, 4) is 0 Å². The Morgan fingerprint density at radius 1 is 1.00 bits per heavy atom. The van der Waals surface area contributed by atoms with Crippen molar-refractivity contribution in [3.05, 3.63) is 77.6 Å². The number of amides is 2. The lowest BCUT2D eigenvalue weighted by atomic mass is 9.53. The lowest BCUT2D eigenvalue weighted by Gasteiger charge is -2.56. The topological polar surface area (TPSA) is 97.6 Å². The molecule has 2 amide bonds. The van der Waals surface area contributed by atoms with Gasteiger partial charge in [0.15, 0.2) is 11.4 Å². The number of benzene rings is 2. The highest BCUT2D eigenvalue weighted by molar-refractivity contribution is 7.99. The van der Waals surface area contributed by atoms with Crippen LogP contribution in [0, 0.1) is 23.7 Å². The van der Waals surface area contributed by atoms with Crippen LogP contribution in [-0.2, 0) is 23.1 Å². The van der Waals surface area contributed by atoms with Crippen LogP contribution >= 0.6 is 11.8 Å². The van der Waals surface area contributed by atoms with Crippen LogP contribution in [0.25, 0.3) is 0 Å². The van der Waals surface area contributed by atoms with Gasteiger partial charge in [-0.25, -0.2) is 9.78 Å². The van der Waals surface area contributed by atoms with Gasteiger partial charge in [0.05, 0.1) is 18.8 Å². The van der Waals surface area contributed by atoms with E-state index in [0.29, 0.717) is 0 Å². The van der Waals surface area contributed by atoms with Gasteiger partial charge in [-0.05, 0) is 79.5 Å². The predicted octanol–water partition coefficient (Wildman–Crippen LogP) is 6.59. The number of carbonyl (C=O) groups excluding carboxylic acids is 1. The molecule has 1 saturated heterocycles. The average molecular weight is 603 g/mol. The minimum atomic E-state index is -0.555. The van der Waals surface area contributed by atoms with Crippen molar-refractivity contribution in [1.29, 1.82) is 0 Å². The Morgan fingerprint density at radius 2 is 1.65 bits per heavy atom. The number of imidazole rings is 1. The standard InChI is InChI=1S/C34H42N4O4S/c1-21-29(20-43-33-35-11-12-38(33)2)41-31(42-30(21)26-5-3-22(19-39)4-6-26)27-7-9-28(10-8-27)36-32(40)37-34-16-23-13-24(17-34)15-25(14-23)18-34/h3-12,21,23-25,29-31,39H,13-20H2,1-2H3,(H2,36,37,40). The smallest absolute Gasteiger partial charge is 0.319 e. The minimum absolute atomic E-state index is 0.0109. The quantitative estimate of drug-likeness (QED) is 0.252. The zero-order chi connectivity index (χ0) is 29.6. The third kappa shape index (κ3) is 6.10. The lowest BCUT2D eigenvalue weighted by Crippen LogP contribution is -2.60. The van der Waals surface area contributed by atoms with E-state index in [4.69, 9.17) is 9.47 Å². The number of urea groups is 1. The number of thioether (sulfide) groups is 1. The summed E-state index contributed by atoms with van der Waals surface area (Å²) in [5.74, 6) is 3.18. The first-order chi connectivity index (χ1) is 20.9. The first-order valence-corrected chi connectivity index (χ1v) is 16.6. The summed E-state index contributed by atoms with van der Waals surface area (Å²) >= 11 is 1.68. The molecule has 43 heavy (non-hydrogen) atoms. The van der Waals surface area contributed by atoms with Crippen molar-refractivity contribution >= 4 is 23.5 Å². The highest BCUT2D eigenvalue weighted by atomic mass is 32.2. The third-order valence-corrected chi connectivity index (χ3v) is 11.3. The molecule has 1 aliphatic heterocycles. The fourth-order valence-electron chi connectivity index (χ4n) is 8.35. The van der Waals surface area contributed by atoms with E-state index in [1.54, 1.807) is 11.8 Å². The number of aliphatic hydroxyl groups is 1. The summed E-state index contributed by atoms with van der Waals surface area (Å²) in [6, 6.07) is 15.7. The van der Waals surface area contributed by atoms with Gasteiger partial charge in [-0.1, -0.05) is 55.1 Å². The van der Waals surface area contributed by atoms with Crippen molar-refractivity contribution in [2.24, 2.45) is 30.7 Å². The molecule has 4 unspecified atom stereocenters. The molecule has 5 fully saturated rings. The van der Waals surface area contributed by atoms with Gasteiger partial charge in [-0.3, -0.25) is 0 Å². The van der Waals surface area contributed by atoms with E-state index in [9.17, 15) is 9.90 Å². The van der Waals surface area contributed by atoms with Crippen LogP contribution in [0.1, 0.15) is 74.5 Å². The largest absolute Gasteiger partial charge is 0.392 e. The van der Waals surface area contributed by atoms with Gasteiger partial charge in [0.1, 0.15) is 0 Å². The summed E-state index contributed by atoms with van der Waals surface area (Å²) in [7, 11) is 2.00. The molecule has 9 heteroatoms. The zero-order valence-corrected chi connectivity index (χ0v) is 25.8. The molecular formula is C34H42N4O4S. The second kappa shape index (κ2) is 11.9. The maximum Gasteiger partial charge on any atom is 0.319 e. The van der Waals surface area contributed by atoms with Crippen molar-refractivity contribution < 1.29 is 19.4 Å². The number of aromatic nitrogens is 2. The molecule has 0 radical (unpaired) electrons. The molecule has 8 nitrogen and oxygen atoms in total. The predicted molar refractivity (Wildman–Crippen MR) is 166 cm³/mol. The van der Waals surface area contributed by atoms with Crippen molar-refractivity contribution in [2.75, 3.05) is 11.1 Å². The van der Waals surface area contributed by atoms with Crippen molar-refractivity contribution in [3.63, 3.8) is 0 Å². The Bertz CT molecular complexity index is 1390. The molecule has 4 bridgehead atoms. The normalized spacial score (nSPS) is 33.0. The SMILES string of the molecule is CC1C(CSc2nccn2C)OC(c2ccc(NC(=O)NC34CC5CC(CC(C5)C3)C4)cc2)OC1c1ccc(CO)cc1.